The van der Waals surface area contributed by atoms with Crippen molar-refractivity contribution < 1.29 is 0 Å². The molecule has 0 radical (unpaired) electrons. The van der Waals surface area contributed by atoms with Gasteiger partial charge < -0.3 is 10.6 Å². The number of fused-ring (bicyclic) bond motifs is 1. The molecule has 0 bridgehead atoms. The van der Waals surface area contributed by atoms with Crippen LogP contribution in [0.4, 0.5) is 16.6 Å². The number of nitrogens with zero attached hydrogens (tertiary/aromatic N) is 3. The van der Waals surface area contributed by atoms with Crippen molar-refractivity contribution in [1.82, 2.24) is 15.0 Å². The van der Waals surface area contributed by atoms with Crippen LogP contribution in [0.15, 0.2) is 36.7 Å². The Balaban J connectivity index is 1.94. The topological polar surface area (TPSA) is 62.7 Å². The first-order chi connectivity index (χ1) is 10.0. The lowest BCUT2D eigenvalue weighted by Gasteiger charge is -2.20. The maximum absolute atomic E-state index is 4.61. The fourth-order valence-electron chi connectivity index (χ4n) is 1.90. The lowest BCUT2D eigenvalue weighted by atomic mass is 10.1. The van der Waals surface area contributed by atoms with Crippen LogP contribution >= 0.6 is 11.3 Å². The standard InChI is InChI=1S/C15H17N5S/c1-15(2,3)20-12-11-13(17-9-16-12)21-14(19-11)18-10-7-5-4-6-8-10/h4-9H,1-3H3,(H,18,19)(H,16,17,20). The monoisotopic (exact) mass is 299 g/mol. The molecule has 0 aliphatic carbocycles. The number of hydrogen-bond donors (Lipinski definition) is 2. The third-order valence-corrected chi connectivity index (χ3v) is 3.59. The average Bonchev–Trinajstić information content (AvgIpc) is 2.82. The molecule has 0 atom stereocenters. The van der Waals surface area contributed by atoms with Crippen LogP contribution in [0.3, 0.4) is 0 Å². The number of benzene rings is 1. The molecule has 0 spiro atoms. The Hall–Kier alpha value is -2.21. The van der Waals surface area contributed by atoms with Crippen molar-refractivity contribution in [3.63, 3.8) is 0 Å². The highest BCUT2D eigenvalue weighted by Gasteiger charge is 2.16. The summed E-state index contributed by atoms with van der Waals surface area (Å²) in [6.45, 7) is 6.28. The molecule has 0 saturated heterocycles. The Morgan fingerprint density at radius 3 is 2.52 bits per heavy atom. The first-order valence-corrected chi connectivity index (χ1v) is 7.55. The van der Waals surface area contributed by atoms with Gasteiger partial charge in [-0.25, -0.2) is 15.0 Å². The largest absolute Gasteiger partial charge is 0.364 e. The SMILES string of the molecule is CC(C)(C)Nc1ncnc2sc(Nc3ccccc3)nc12. The Morgan fingerprint density at radius 2 is 1.81 bits per heavy atom. The Bertz CT molecular complexity index is 746. The minimum Gasteiger partial charge on any atom is -0.364 e. The highest BCUT2D eigenvalue weighted by atomic mass is 32.1. The van der Waals surface area contributed by atoms with E-state index in [0.717, 1.165) is 27.0 Å². The number of nitrogens with one attached hydrogen (secondary N) is 2. The lowest BCUT2D eigenvalue weighted by Crippen LogP contribution is -2.26. The molecule has 5 nitrogen and oxygen atoms in total. The molecule has 3 aromatic rings. The van der Waals surface area contributed by atoms with Crippen molar-refractivity contribution in [3.05, 3.63) is 36.7 Å². The molecule has 3 rings (SSSR count). The maximum atomic E-state index is 4.61. The average molecular weight is 299 g/mol. The van der Waals surface area contributed by atoms with E-state index in [1.54, 1.807) is 6.33 Å². The van der Waals surface area contributed by atoms with Gasteiger partial charge in [0.15, 0.2) is 15.8 Å². The van der Waals surface area contributed by atoms with Crippen LogP contribution in [0.5, 0.6) is 0 Å². The number of hydrogen-bond acceptors (Lipinski definition) is 6. The zero-order valence-corrected chi connectivity index (χ0v) is 13.0. The summed E-state index contributed by atoms with van der Waals surface area (Å²) in [7, 11) is 0. The molecule has 0 unspecified atom stereocenters. The highest BCUT2D eigenvalue weighted by molar-refractivity contribution is 7.21. The van der Waals surface area contributed by atoms with E-state index in [1.807, 2.05) is 30.3 Å². The van der Waals surface area contributed by atoms with E-state index in [0.29, 0.717) is 0 Å². The number of thiazole rings is 1. The molecule has 0 fully saturated rings. The molecule has 0 aliphatic heterocycles. The maximum Gasteiger partial charge on any atom is 0.189 e. The number of rotatable bonds is 3. The Morgan fingerprint density at radius 1 is 1.05 bits per heavy atom. The van der Waals surface area contributed by atoms with Gasteiger partial charge in [0.05, 0.1) is 0 Å². The highest BCUT2D eigenvalue weighted by Crippen LogP contribution is 2.30. The normalized spacial score (nSPS) is 11.6. The molecule has 6 heteroatoms. The molecule has 1 aromatic carbocycles. The fourth-order valence-corrected chi connectivity index (χ4v) is 2.73. The quantitative estimate of drug-likeness (QED) is 0.764. The summed E-state index contributed by atoms with van der Waals surface area (Å²) >= 11 is 1.52. The van der Waals surface area contributed by atoms with Gasteiger partial charge in [0.2, 0.25) is 0 Å². The van der Waals surface area contributed by atoms with E-state index in [4.69, 9.17) is 0 Å². The predicted octanol–water partition coefficient (Wildman–Crippen LogP) is 4.04. The van der Waals surface area contributed by atoms with E-state index in [-0.39, 0.29) is 5.54 Å². The summed E-state index contributed by atoms with van der Waals surface area (Å²) in [5.41, 5.74) is 1.74. The van der Waals surface area contributed by atoms with Gasteiger partial charge in [-0.3, -0.25) is 0 Å². The van der Waals surface area contributed by atoms with Crippen molar-refractivity contribution in [3.8, 4) is 0 Å². The molecule has 2 aromatic heterocycles. The number of aromatic nitrogens is 3. The summed E-state index contributed by atoms with van der Waals surface area (Å²) in [5, 5.41) is 7.48. The van der Waals surface area contributed by atoms with Crippen LogP contribution < -0.4 is 10.6 Å². The van der Waals surface area contributed by atoms with Gasteiger partial charge in [0.1, 0.15) is 11.8 Å². The molecule has 108 valence electrons. The van der Waals surface area contributed by atoms with E-state index < -0.39 is 0 Å². The molecule has 0 saturated carbocycles. The third kappa shape index (κ3) is 3.28. The van der Waals surface area contributed by atoms with Crippen molar-refractivity contribution in [2.75, 3.05) is 10.6 Å². The van der Waals surface area contributed by atoms with Crippen LogP contribution in [-0.2, 0) is 0 Å². The first kappa shape index (κ1) is 13.8. The molecule has 2 heterocycles. The molecule has 0 aliphatic rings. The van der Waals surface area contributed by atoms with Gasteiger partial charge in [-0.15, -0.1) is 0 Å². The van der Waals surface area contributed by atoms with Crippen LogP contribution in [-0.4, -0.2) is 20.5 Å². The second kappa shape index (κ2) is 5.29. The van der Waals surface area contributed by atoms with Gasteiger partial charge in [-0.05, 0) is 32.9 Å². The summed E-state index contributed by atoms with van der Waals surface area (Å²) in [4.78, 5) is 14.1. The van der Waals surface area contributed by atoms with Crippen LogP contribution in [0, 0.1) is 0 Å². The minimum absolute atomic E-state index is 0.0715. The Labute approximate surface area is 127 Å². The van der Waals surface area contributed by atoms with Crippen LogP contribution in [0.1, 0.15) is 20.8 Å². The zero-order valence-electron chi connectivity index (χ0n) is 12.2. The van der Waals surface area contributed by atoms with Crippen molar-refractivity contribution in [1.29, 1.82) is 0 Å². The van der Waals surface area contributed by atoms with E-state index in [2.05, 4.69) is 46.4 Å². The van der Waals surface area contributed by atoms with E-state index in [9.17, 15) is 0 Å². The smallest absolute Gasteiger partial charge is 0.189 e. The van der Waals surface area contributed by atoms with E-state index >= 15 is 0 Å². The second-order valence-corrected chi connectivity index (χ2v) is 6.74. The molecular weight excluding hydrogens is 282 g/mol. The molecular formula is C15H17N5S. The van der Waals surface area contributed by atoms with Gasteiger partial charge in [-0.2, -0.15) is 0 Å². The van der Waals surface area contributed by atoms with Gasteiger partial charge in [-0.1, -0.05) is 29.5 Å². The van der Waals surface area contributed by atoms with Gasteiger partial charge in [0, 0.05) is 11.2 Å². The molecule has 0 amide bonds. The van der Waals surface area contributed by atoms with Crippen LogP contribution in [0.25, 0.3) is 10.3 Å². The Kier molecular flexibility index (Phi) is 3.47. The van der Waals surface area contributed by atoms with Crippen molar-refractivity contribution in [2.24, 2.45) is 0 Å². The molecule has 2 N–H and O–H groups in total. The third-order valence-electron chi connectivity index (χ3n) is 2.71. The summed E-state index contributed by atoms with van der Waals surface area (Å²) in [6, 6.07) is 9.97. The number of para-hydroxylation sites is 1. The van der Waals surface area contributed by atoms with Crippen LogP contribution in [0.2, 0.25) is 0 Å². The lowest BCUT2D eigenvalue weighted by molar-refractivity contribution is 0.631. The second-order valence-electron chi connectivity index (χ2n) is 5.76. The molecule has 21 heavy (non-hydrogen) atoms. The van der Waals surface area contributed by atoms with Crippen molar-refractivity contribution >= 4 is 38.3 Å². The summed E-state index contributed by atoms with van der Waals surface area (Å²) < 4.78 is 0. The minimum atomic E-state index is -0.0715. The fraction of sp³-hybridized carbons (Fsp3) is 0.267. The number of anilines is 3. The predicted molar refractivity (Wildman–Crippen MR) is 88.3 cm³/mol. The first-order valence-electron chi connectivity index (χ1n) is 6.73. The summed E-state index contributed by atoms with van der Waals surface area (Å²) in [6.07, 6.45) is 1.57. The van der Waals surface area contributed by atoms with Gasteiger partial charge in [0.25, 0.3) is 0 Å². The van der Waals surface area contributed by atoms with E-state index in [1.165, 1.54) is 11.3 Å². The zero-order chi connectivity index (χ0) is 14.9. The van der Waals surface area contributed by atoms with Gasteiger partial charge >= 0.3 is 0 Å². The van der Waals surface area contributed by atoms with Crippen molar-refractivity contribution in [2.45, 2.75) is 26.3 Å². The summed E-state index contributed by atoms with van der Waals surface area (Å²) in [5.74, 6) is 0.768.